The van der Waals surface area contributed by atoms with E-state index in [-0.39, 0.29) is 5.41 Å². The van der Waals surface area contributed by atoms with Crippen LogP contribution < -0.4 is 0 Å². The van der Waals surface area contributed by atoms with Gasteiger partial charge in [-0.25, -0.2) is 0 Å². The number of hydrogen-bond acceptors (Lipinski definition) is 2. The van der Waals surface area contributed by atoms with E-state index in [0.717, 1.165) is 32.5 Å². The van der Waals surface area contributed by atoms with Gasteiger partial charge in [0.15, 0.2) is 0 Å². The summed E-state index contributed by atoms with van der Waals surface area (Å²) in [5.74, 6) is 1.68. The molecule has 0 aromatic heterocycles. The van der Waals surface area contributed by atoms with Crippen molar-refractivity contribution in [1.82, 2.24) is 0 Å². The highest BCUT2D eigenvalue weighted by molar-refractivity contribution is 5.86. The average Bonchev–Trinajstić information content (AvgIpc) is 2.78. The molecule has 100 valence electrons. The Morgan fingerprint density at radius 1 is 1.50 bits per heavy atom. The van der Waals surface area contributed by atoms with Crippen molar-refractivity contribution in [1.29, 1.82) is 0 Å². The molecule has 18 heavy (non-hydrogen) atoms. The third-order valence-corrected chi connectivity index (χ3v) is 6.03. The third-order valence-electron chi connectivity index (χ3n) is 6.03. The van der Waals surface area contributed by atoms with Crippen LogP contribution in [0.5, 0.6) is 0 Å². The molecule has 0 bridgehead atoms. The predicted octanol–water partition coefficient (Wildman–Crippen LogP) is 3.36. The first-order chi connectivity index (χ1) is 8.63. The Morgan fingerprint density at radius 3 is 3.11 bits per heavy atom. The highest BCUT2D eigenvalue weighted by atomic mass is 16.5. The van der Waals surface area contributed by atoms with Crippen molar-refractivity contribution in [3.8, 4) is 0 Å². The first-order valence-electron chi connectivity index (χ1n) is 7.35. The molecular weight excluding hydrogens is 224 g/mol. The Labute approximate surface area is 110 Å². The Kier molecular flexibility index (Phi) is 2.89. The molecule has 0 amide bonds. The highest BCUT2D eigenvalue weighted by Crippen LogP contribution is 2.62. The third kappa shape index (κ3) is 1.48. The molecule has 0 aromatic carbocycles. The lowest BCUT2D eigenvalue weighted by atomic mass is 9.47. The van der Waals surface area contributed by atoms with Gasteiger partial charge in [0.2, 0.25) is 0 Å². The van der Waals surface area contributed by atoms with Crippen molar-refractivity contribution < 1.29 is 9.53 Å². The summed E-state index contributed by atoms with van der Waals surface area (Å²) in [6.07, 6.45) is 8.36. The second kappa shape index (κ2) is 4.19. The molecule has 2 nitrogen and oxygen atoms in total. The summed E-state index contributed by atoms with van der Waals surface area (Å²) in [4.78, 5) is 12.5. The van der Waals surface area contributed by atoms with Gasteiger partial charge >= 0.3 is 0 Å². The lowest BCUT2D eigenvalue weighted by molar-refractivity contribution is -0.148. The molecule has 1 spiro atoms. The topological polar surface area (TPSA) is 26.3 Å². The van der Waals surface area contributed by atoms with E-state index < -0.39 is 0 Å². The number of allylic oxidation sites excluding steroid dienone is 1. The summed E-state index contributed by atoms with van der Waals surface area (Å²) in [5, 5.41) is 0. The van der Waals surface area contributed by atoms with Gasteiger partial charge in [-0.3, -0.25) is 4.79 Å². The molecule has 0 unspecified atom stereocenters. The fourth-order valence-corrected chi connectivity index (χ4v) is 5.07. The molecule has 2 aliphatic carbocycles. The summed E-state index contributed by atoms with van der Waals surface area (Å²) in [6.45, 7) is 7.87. The van der Waals surface area contributed by atoms with Crippen LogP contribution in [0, 0.1) is 22.7 Å². The summed E-state index contributed by atoms with van der Waals surface area (Å²) >= 11 is 0. The number of ketones is 1. The molecule has 0 N–H and O–H groups in total. The van der Waals surface area contributed by atoms with Crippen molar-refractivity contribution in [2.45, 2.75) is 45.4 Å². The van der Waals surface area contributed by atoms with Gasteiger partial charge in [-0.1, -0.05) is 19.4 Å². The van der Waals surface area contributed by atoms with Crippen LogP contribution in [0.25, 0.3) is 0 Å². The van der Waals surface area contributed by atoms with E-state index in [1.54, 1.807) is 0 Å². The van der Waals surface area contributed by atoms with Crippen molar-refractivity contribution in [2.75, 3.05) is 13.2 Å². The van der Waals surface area contributed by atoms with E-state index >= 15 is 0 Å². The first kappa shape index (κ1) is 12.4. The van der Waals surface area contributed by atoms with Crippen LogP contribution in [0.2, 0.25) is 0 Å². The minimum Gasteiger partial charge on any atom is -0.381 e. The van der Waals surface area contributed by atoms with Crippen molar-refractivity contribution in [3.05, 3.63) is 12.7 Å². The van der Waals surface area contributed by atoms with E-state index in [0.29, 0.717) is 23.0 Å². The van der Waals surface area contributed by atoms with Gasteiger partial charge in [-0.2, -0.15) is 0 Å². The molecule has 1 saturated heterocycles. The SMILES string of the molecule is C=CC[C@]1(C)C(=O)CC[C@]23COC[C@@H]2CCC[C@@H]31. The summed E-state index contributed by atoms with van der Waals surface area (Å²) in [7, 11) is 0. The normalized spacial score (nSPS) is 47.5. The monoisotopic (exact) mass is 248 g/mol. The van der Waals surface area contributed by atoms with Gasteiger partial charge in [-0.15, -0.1) is 6.58 Å². The molecule has 2 heteroatoms. The lowest BCUT2D eigenvalue weighted by Gasteiger charge is -2.55. The zero-order chi connectivity index (χ0) is 12.8. The number of rotatable bonds is 2. The van der Waals surface area contributed by atoms with Gasteiger partial charge in [0.1, 0.15) is 5.78 Å². The van der Waals surface area contributed by atoms with E-state index in [1.165, 1.54) is 19.3 Å². The number of carbonyl (C=O) groups is 1. The van der Waals surface area contributed by atoms with Crippen LogP contribution >= 0.6 is 0 Å². The van der Waals surface area contributed by atoms with Crippen molar-refractivity contribution >= 4 is 5.78 Å². The standard InChI is InChI=1S/C16H24O2/c1-3-8-15(2)13-6-4-5-12-10-18-11-16(12,13)9-7-14(15)17/h3,12-13H,1,4-11H2,2H3/t12-,13+,15-,16-/m0/s1. The van der Waals surface area contributed by atoms with Gasteiger partial charge in [0.05, 0.1) is 13.2 Å². The predicted molar refractivity (Wildman–Crippen MR) is 71.2 cm³/mol. The van der Waals surface area contributed by atoms with E-state index in [1.807, 2.05) is 6.08 Å². The highest BCUT2D eigenvalue weighted by Gasteiger charge is 2.60. The molecule has 2 saturated carbocycles. The summed E-state index contributed by atoms with van der Waals surface area (Å²) in [5.41, 5.74) is 0.135. The molecule has 3 fully saturated rings. The van der Waals surface area contributed by atoms with Gasteiger partial charge < -0.3 is 4.74 Å². The molecular formula is C16H24O2. The quantitative estimate of drug-likeness (QED) is 0.700. The Morgan fingerprint density at radius 2 is 2.33 bits per heavy atom. The summed E-state index contributed by atoms with van der Waals surface area (Å²) < 4.78 is 5.82. The number of hydrogen-bond donors (Lipinski definition) is 0. The van der Waals surface area contributed by atoms with Gasteiger partial charge in [0.25, 0.3) is 0 Å². The number of Topliss-reactive ketones (excluding diaryl/α,β-unsaturated/α-hetero) is 1. The van der Waals surface area contributed by atoms with Gasteiger partial charge in [-0.05, 0) is 37.5 Å². The van der Waals surface area contributed by atoms with Crippen LogP contribution in [-0.2, 0) is 9.53 Å². The summed E-state index contributed by atoms with van der Waals surface area (Å²) in [6, 6.07) is 0. The molecule has 0 radical (unpaired) electrons. The smallest absolute Gasteiger partial charge is 0.139 e. The van der Waals surface area contributed by atoms with Crippen LogP contribution in [0.3, 0.4) is 0 Å². The number of ether oxygens (including phenoxy) is 1. The maximum Gasteiger partial charge on any atom is 0.139 e. The Balaban J connectivity index is 2.00. The molecule has 4 atom stereocenters. The van der Waals surface area contributed by atoms with E-state index in [4.69, 9.17) is 4.74 Å². The van der Waals surface area contributed by atoms with Gasteiger partial charge in [0, 0.05) is 17.3 Å². The second-order valence-corrected chi connectivity index (χ2v) is 6.76. The largest absolute Gasteiger partial charge is 0.381 e. The minimum atomic E-state index is -0.174. The van der Waals surface area contributed by atoms with Crippen molar-refractivity contribution in [2.24, 2.45) is 22.7 Å². The molecule has 1 heterocycles. The molecule has 3 rings (SSSR count). The van der Waals surface area contributed by atoms with Crippen LogP contribution in [0.1, 0.15) is 45.4 Å². The minimum absolute atomic E-state index is 0.174. The number of carbonyl (C=O) groups excluding carboxylic acids is 1. The van der Waals surface area contributed by atoms with Crippen molar-refractivity contribution in [3.63, 3.8) is 0 Å². The maximum absolute atomic E-state index is 12.5. The Bertz CT molecular complexity index is 375. The zero-order valence-electron chi connectivity index (χ0n) is 11.4. The second-order valence-electron chi connectivity index (χ2n) is 6.76. The molecule has 1 aliphatic heterocycles. The van der Waals surface area contributed by atoms with Crippen LogP contribution in [0.15, 0.2) is 12.7 Å². The zero-order valence-corrected chi connectivity index (χ0v) is 11.4. The average molecular weight is 248 g/mol. The van der Waals surface area contributed by atoms with Crippen LogP contribution in [0.4, 0.5) is 0 Å². The van der Waals surface area contributed by atoms with E-state index in [9.17, 15) is 4.79 Å². The fraction of sp³-hybridized carbons (Fsp3) is 0.812. The fourth-order valence-electron chi connectivity index (χ4n) is 5.07. The Hall–Kier alpha value is -0.630. The maximum atomic E-state index is 12.5. The first-order valence-corrected chi connectivity index (χ1v) is 7.35. The lowest BCUT2D eigenvalue weighted by Crippen LogP contribution is -2.55. The molecule has 3 aliphatic rings. The van der Waals surface area contributed by atoms with Crippen LogP contribution in [-0.4, -0.2) is 19.0 Å². The van der Waals surface area contributed by atoms with E-state index in [2.05, 4.69) is 13.5 Å². The molecule has 0 aromatic rings.